The maximum absolute atomic E-state index is 12.8. The van der Waals surface area contributed by atoms with E-state index in [0.717, 1.165) is 73.8 Å². The van der Waals surface area contributed by atoms with E-state index < -0.39 is 0 Å². The number of aromatic nitrogens is 4. The van der Waals surface area contributed by atoms with E-state index in [-0.39, 0.29) is 11.8 Å². The molecule has 5 rings (SSSR count). The average Bonchev–Trinajstić information content (AvgIpc) is 3.01. The first-order valence-corrected chi connectivity index (χ1v) is 11.5. The second kappa shape index (κ2) is 8.29. The third-order valence-corrected chi connectivity index (χ3v) is 6.50. The van der Waals surface area contributed by atoms with Gasteiger partial charge in [0.1, 0.15) is 11.6 Å². The summed E-state index contributed by atoms with van der Waals surface area (Å²) in [6, 6.07) is 10.1. The van der Waals surface area contributed by atoms with Crippen molar-refractivity contribution < 1.29 is 4.79 Å². The Morgan fingerprint density at radius 3 is 2.52 bits per heavy atom. The van der Waals surface area contributed by atoms with Crippen LogP contribution in [0.15, 0.2) is 36.5 Å². The number of hydrogen-bond acceptors (Lipinski definition) is 5. The van der Waals surface area contributed by atoms with Crippen molar-refractivity contribution in [1.29, 1.82) is 0 Å². The van der Waals surface area contributed by atoms with Crippen LogP contribution in [0.3, 0.4) is 0 Å². The zero-order valence-corrected chi connectivity index (χ0v) is 18.4. The minimum Gasteiger partial charge on any atom is -0.354 e. The fourth-order valence-corrected chi connectivity index (χ4v) is 4.43. The van der Waals surface area contributed by atoms with Gasteiger partial charge in [-0.25, -0.2) is 14.6 Å². The third kappa shape index (κ3) is 3.77. The summed E-state index contributed by atoms with van der Waals surface area (Å²) in [7, 11) is 0. The molecule has 3 aromatic rings. The molecule has 1 amide bonds. The van der Waals surface area contributed by atoms with E-state index in [1.54, 1.807) is 0 Å². The molecule has 1 saturated carbocycles. The maximum Gasteiger partial charge on any atom is 0.225 e. The lowest BCUT2D eigenvalue weighted by Gasteiger charge is -2.31. The summed E-state index contributed by atoms with van der Waals surface area (Å²) >= 11 is 0. The largest absolute Gasteiger partial charge is 0.354 e. The summed E-state index contributed by atoms with van der Waals surface area (Å²) in [5.74, 6) is 2.58. The van der Waals surface area contributed by atoms with Crippen LogP contribution in [0.5, 0.6) is 0 Å². The first kappa shape index (κ1) is 20.0. The minimum atomic E-state index is 0.214. The molecular formula is C24H30N6O. The predicted octanol–water partition coefficient (Wildman–Crippen LogP) is 3.78. The topological polar surface area (TPSA) is 67.2 Å². The fraction of sp³-hybridized carbons (Fsp3) is 0.500. The number of rotatable bonds is 4. The molecule has 0 spiro atoms. The van der Waals surface area contributed by atoms with Gasteiger partial charge in [0, 0.05) is 38.0 Å². The Bertz CT molecular complexity index is 1070. The van der Waals surface area contributed by atoms with Crippen molar-refractivity contribution in [2.75, 3.05) is 31.1 Å². The first-order valence-electron chi connectivity index (χ1n) is 11.5. The molecule has 1 aliphatic heterocycles. The highest BCUT2D eigenvalue weighted by Gasteiger charge is 2.31. The molecule has 3 heterocycles. The number of amides is 1. The van der Waals surface area contributed by atoms with E-state index in [9.17, 15) is 4.79 Å². The third-order valence-electron chi connectivity index (χ3n) is 6.50. The van der Waals surface area contributed by atoms with Crippen molar-refractivity contribution in [3.05, 3.63) is 42.4 Å². The van der Waals surface area contributed by atoms with Gasteiger partial charge in [-0.2, -0.15) is 5.10 Å². The molecule has 2 aliphatic rings. The molecule has 1 saturated heterocycles. The number of benzene rings is 1. The minimum absolute atomic E-state index is 0.214. The number of nitrogens with zero attached hydrogens (tertiary/aromatic N) is 6. The second-order valence-corrected chi connectivity index (χ2v) is 8.98. The summed E-state index contributed by atoms with van der Waals surface area (Å²) in [5, 5.41) is 5.62. The van der Waals surface area contributed by atoms with Gasteiger partial charge in [0.05, 0.1) is 17.3 Å². The van der Waals surface area contributed by atoms with Crippen LogP contribution in [0.25, 0.3) is 16.7 Å². The summed E-state index contributed by atoms with van der Waals surface area (Å²) in [4.78, 5) is 27.0. The van der Waals surface area contributed by atoms with Gasteiger partial charge in [-0.1, -0.05) is 38.5 Å². The van der Waals surface area contributed by atoms with Crippen LogP contribution in [-0.2, 0) is 4.79 Å². The summed E-state index contributed by atoms with van der Waals surface area (Å²) in [6.45, 7) is 7.50. The van der Waals surface area contributed by atoms with Gasteiger partial charge in [0.2, 0.25) is 5.91 Å². The van der Waals surface area contributed by atoms with E-state index in [4.69, 9.17) is 9.97 Å². The molecule has 0 radical (unpaired) electrons. The maximum atomic E-state index is 12.8. The Kier molecular flexibility index (Phi) is 5.34. The molecule has 0 N–H and O–H groups in total. The molecular weight excluding hydrogens is 388 g/mol. The number of para-hydroxylation sites is 1. The summed E-state index contributed by atoms with van der Waals surface area (Å²) in [5.41, 5.74) is 1.83. The van der Waals surface area contributed by atoms with Crippen molar-refractivity contribution >= 4 is 22.8 Å². The van der Waals surface area contributed by atoms with Crippen LogP contribution in [0.2, 0.25) is 0 Å². The van der Waals surface area contributed by atoms with Gasteiger partial charge in [0.15, 0.2) is 5.65 Å². The van der Waals surface area contributed by atoms with Crippen LogP contribution in [0.1, 0.15) is 51.3 Å². The van der Waals surface area contributed by atoms with Crippen LogP contribution < -0.4 is 4.90 Å². The quantitative estimate of drug-likeness (QED) is 0.645. The van der Waals surface area contributed by atoms with E-state index in [2.05, 4.69) is 28.7 Å². The fourth-order valence-electron chi connectivity index (χ4n) is 4.43. The molecule has 162 valence electrons. The lowest BCUT2D eigenvalue weighted by Crippen LogP contribution is -2.41. The molecule has 0 atom stereocenters. The second-order valence-electron chi connectivity index (χ2n) is 8.98. The highest BCUT2D eigenvalue weighted by Crippen LogP contribution is 2.30. The van der Waals surface area contributed by atoms with E-state index in [1.165, 1.54) is 6.42 Å². The Morgan fingerprint density at radius 1 is 1.00 bits per heavy atom. The molecule has 7 heteroatoms. The molecule has 31 heavy (non-hydrogen) atoms. The van der Waals surface area contributed by atoms with E-state index in [1.807, 2.05) is 41.2 Å². The molecule has 1 aliphatic carbocycles. The Labute approximate surface area is 183 Å². The summed E-state index contributed by atoms with van der Waals surface area (Å²) < 4.78 is 1.90. The Balaban J connectivity index is 1.49. The number of hydrogen-bond donors (Lipinski definition) is 0. The average molecular weight is 419 g/mol. The van der Waals surface area contributed by atoms with Crippen molar-refractivity contribution in [3.63, 3.8) is 0 Å². The molecule has 7 nitrogen and oxygen atoms in total. The number of fused-ring (bicyclic) bond motifs is 1. The standard InChI is InChI=1S/C24H30N6O/c1-17(2)21-26-22(20-16-25-30(23(20)27-21)19-10-4-3-5-11-19)28-12-7-13-29(15-14-28)24(31)18-8-6-9-18/h3-5,10-11,16-18H,6-9,12-15H2,1-2H3. The van der Waals surface area contributed by atoms with Crippen molar-refractivity contribution in [3.8, 4) is 5.69 Å². The van der Waals surface area contributed by atoms with Crippen LogP contribution in [-0.4, -0.2) is 56.7 Å². The lowest BCUT2D eigenvalue weighted by atomic mass is 9.84. The van der Waals surface area contributed by atoms with E-state index >= 15 is 0 Å². The molecule has 2 fully saturated rings. The predicted molar refractivity (Wildman–Crippen MR) is 122 cm³/mol. The smallest absolute Gasteiger partial charge is 0.225 e. The Morgan fingerprint density at radius 2 is 1.81 bits per heavy atom. The van der Waals surface area contributed by atoms with Crippen LogP contribution in [0, 0.1) is 5.92 Å². The SMILES string of the molecule is CC(C)c1nc(N2CCCN(C(=O)C3CCC3)CC2)c2cnn(-c3ccccc3)c2n1. The van der Waals surface area contributed by atoms with Crippen LogP contribution >= 0.6 is 0 Å². The zero-order valence-electron chi connectivity index (χ0n) is 18.4. The molecule has 0 unspecified atom stereocenters. The van der Waals surface area contributed by atoms with Gasteiger partial charge >= 0.3 is 0 Å². The summed E-state index contributed by atoms with van der Waals surface area (Å²) in [6.07, 6.45) is 6.14. The highest BCUT2D eigenvalue weighted by atomic mass is 16.2. The number of carbonyl (C=O) groups excluding carboxylic acids is 1. The molecule has 2 aromatic heterocycles. The monoisotopic (exact) mass is 418 g/mol. The van der Waals surface area contributed by atoms with Gasteiger partial charge in [-0.15, -0.1) is 0 Å². The molecule has 1 aromatic carbocycles. The zero-order chi connectivity index (χ0) is 21.4. The van der Waals surface area contributed by atoms with Gasteiger partial charge < -0.3 is 9.80 Å². The van der Waals surface area contributed by atoms with Gasteiger partial charge in [-0.05, 0) is 31.4 Å². The van der Waals surface area contributed by atoms with Gasteiger partial charge in [0.25, 0.3) is 0 Å². The van der Waals surface area contributed by atoms with Crippen LogP contribution in [0.4, 0.5) is 5.82 Å². The van der Waals surface area contributed by atoms with Gasteiger partial charge in [-0.3, -0.25) is 4.79 Å². The van der Waals surface area contributed by atoms with E-state index in [0.29, 0.717) is 5.91 Å². The number of carbonyl (C=O) groups is 1. The Hall–Kier alpha value is -2.96. The van der Waals surface area contributed by atoms with Crippen molar-refractivity contribution in [2.24, 2.45) is 5.92 Å². The van der Waals surface area contributed by atoms with Crippen molar-refractivity contribution in [2.45, 2.75) is 45.4 Å². The highest BCUT2D eigenvalue weighted by molar-refractivity contribution is 5.88. The lowest BCUT2D eigenvalue weighted by molar-refractivity contribution is -0.137. The first-order chi connectivity index (χ1) is 15.1. The normalized spacial score (nSPS) is 17.8. The number of anilines is 1. The molecule has 0 bridgehead atoms. The van der Waals surface area contributed by atoms with Crippen molar-refractivity contribution in [1.82, 2.24) is 24.6 Å².